The first-order valence-electron chi connectivity index (χ1n) is 6.37. The Morgan fingerprint density at radius 1 is 0.619 bits per heavy atom. The van der Waals surface area contributed by atoms with E-state index >= 15 is 0 Å². The highest BCUT2D eigenvalue weighted by Gasteiger charge is 2.05. The zero-order valence-corrected chi connectivity index (χ0v) is 14.9. The Kier molecular flexibility index (Phi) is 4.18. The molecule has 2 heterocycles. The van der Waals surface area contributed by atoms with Gasteiger partial charge in [-0.2, -0.15) is 0 Å². The van der Waals surface area contributed by atoms with E-state index in [1.807, 2.05) is 54.1 Å². The van der Waals surface area contributed by atoms with Crippen LogP contribution in [0.1, 0.15) is 0 Å². The van der Waals surface area contributed by atoms with Gasteiger partial charge in [0, 0.05) is 9.40 Å². The summed E-state index contributed by atoms with van der Waals surface area (Å²) in [6, 6.07) is 21.7. The molecule has 2 aromatic heterocycles. The average Bonchev–Trinajstić information content (AvgIpc) is 3.09. The Balaban J connectivity index is 1.44. The molecule has 4 aromatic rings. The van der Waals surface area contributed by atoms with Crippen molar-refractivity contribution in [3.05, 3.63) is 60.7 Å². The maximum Gasteiger partial charge on any atom is 0.0727 e. The smallest absolute Gasteiger partial charge is 0.0727 e. The van der Waals surface area contributed by atoms with Crippen LogP contribution in [0.15, 0.2) is 69.1 Å². The second-order valence-corrected chi connectivity index (χ2v) is 11.1. The van der Waals surface area contributed by atoms with E-state index in [1.165, 1.54) is 28.6 Å². The fraction of sp³-hybridized carbons (Fsp3) is 0. The molecule has 0 nitrogen and oxygen atoms in total. The zero-order chi connectivity index (χ0) is 14.1. The van der Waals surface area contributed by atoms with Crippen LogP contribution >= 0.6 is 54.1 Å². The van der Waals surface area contributed by atoms with Gasteiger partial charge in [-0.25, -0.2) is 0 Å². The van der Waals surface area contributed by atoms with Crippen molar-refractivity contribution < 1.29 is 0 Å². The van der Waals surface area contributed by atoms with Gasteiger partial charge in [0.25, 0.3) is 0 Å². The minimum atomic E-state index is 1.34. The number of benzene rings is 2. The summed E-state index contributed by atoms with van der Waals surface area (Å²) in [7, 11) is 5.56. The summed E-state index contributed by atoms with van der Waals surface area (Å²) in [5.74, 6) is 0. The van der Waals surface area contributed by atoms with Gasteiger partial charge in [-0.05, 0) is 66.5 Å². The number of hydrogen-bond donors (Lipinski definition) is 0. The van der Waals surface area contributed by atoms with E-state index in [2.05, 4.69) is 60.7 Å². The average molecular weight is 363 g/mol. The highest BCUT2D eigenvalue weighted by molar-refractivity contribution is 9.09. The number of hydrogen-bond acceptors (Lipinski definition) is 5. The third-order valence-electron chi connectivity index (χ3n) is 3.04. The van der Waals surface area contributed by atoms with Gasteiger partial charge in [-0.1, -0.05) is 36.4 Å². The molecule has 5 heteroatoms. The Bertz CT molecular complexity index is 750. The maximum absolute atomic E-state index is 2.28. The summed E-state index contributed by atoms with van der Waals surface area (Å²) < 4.78 is 5.48. The van der Waals surface area contributed by atoms with E-state index in [0.29, 0.717) is 0 Å². The van der Waals surface area contributed by atoms with E-state index in [0.717, 1.165) is 0 Å². The van der Waals surface area contributed by atoms with Crippen LogP contribution in [-0.4, -0.2) is 0 Å². The lowest BCUT2D eigenvalue weighted by Gasteiger charge is -1.93. The first kappa shape index (κ1) is 14.0. The number of fused-ring (bicyclic) bond motifs is 2. The molecule has 0 aliphatic carbocycles. The Labute approximate surface area is 142 Å². The highest BCUT2D eigenvalue weighted by Crippen LogP contribution is 2.49. The van der Waals surface area contributed by atoms with Gasteiger partial charge in [0.1, 0.15) is 0 Å². The molecule has 0 fully saturated rings. The van der Waals surface area contributed by atoms with Crippen LogP contribution in [0.3, 0.4) is 0 Å². The molecule has 21 heavy (non-hydrogen) atoms. The van der Waals surface area contributed by atoms with Crippen molar-refractivity contribution in [2.45, 2.75) is 8.42 Å². The molecule has 0 saturated carbocycles. The second kappa shape index (κ2) is 6.26. The molecule has 0 saturated heterocycles. The zero-order valence-electron chi connectivity index (χ0n) is 10.8. The molecule has 0 bridgehead atoms. The summed E-state index contributed by atoms with van der Waals surface area (Å²) in [5, 5.41) is 2.69. The Hall–Kier alpha value is -0.590. The molecule has 0 aliphatic rings. The third-order valence-corrected chi connectivity index (χ3v) is 9.90. The van der Waals surface area contributed by atoms with Crippen molar-refractivity contribution in [1.29, 1.82) is 0 Å². The van der Waals surface area contributed by atoms with Crippen molar-refractivity contribution in [1.82, 2.24) is 0 Å². The number of rotatable bonds is 4. The molecule has 0 atom stereocenters. The fourth-order valence-corrected chi connectivity index (χ4v) is 9.42. The van der Waals surface area contributed by atoms with Crippen LogP contribution in [0, 0.1) is 0 Å². The van der Waals surface area contributed by atoms with Gasteiger partial charge in [-0.15, -0.1) is 22.7 Å². The van der Waals surface area contributed by atoms with Crippen molar-refractivity contribution in [2.24, 2.45) is 0 Å². The molecule has 0 spiro atoms. The summed E-state index contributed by atoms with van der Waals surface area (Å²) >= 11 is 3.74. The van der Waals surface area contributed by atoms with Gasteiger partial charge in [0.05, 0.1) is 8.42 Å². The molecular weight excluding hydrogens is 353 g/mol. The molecular formula is C16H10S5. The largest absolute Gasteiger partial charge is 0.128 e. The third kappa shape index (κ3) is 3.12. The summed E-state index contributed by atoms with van der Waals surface area (Å²) in [6.07, 6.45) is 0. The normalized spacial score (nSPS) is 11.4. The van der Waals surface area contributed by atoms with Crippen LogP contribution in [0.4, 0.5) is 0 Å². The first-order chi connectivity index (χ1) is 10.4. The van der Waals surface area contributed by atoms with Crippen molar-refractivity contribution in [2.75, 3.05) is 0 Å². The Morgan fingerprint density at radius 2 is 1.10 bits per heavy atom. The van der Waals surface area contributed by atoms with Crippen LogP contribution in [0.2, 0.25) is 0 Å². The predicted octanol–water partition coefficient (Wildman–Crippen LogP) is 7.56. The fourth-order valence-electron chi connectivity index (χ4n) is 2.08. The molecule has 104 valence electrons. The quantitative estimate of drug-likeness (QED) is 0.344. The van der Waals surface area contributed by atoms with E-state index in [9.17, 15) is 0 Å². The summed E-state index contributed by atoms with van der Waals surface area (Å²) in [5.41, 5.74) is 0. The van der Waals surface area contributed by atoms with Gasteiger partial charge < -0.3 is 0 Å². The van der Waals surface area contributed by atoms with E-state index in [1.54, 1.807) is 0 Å². The van der Waals surface area contributed by atoms with Crippen molar-refractivity contribution in [3.8, 4) is 0 Å². The molecule has 0 unspecified atom stereocenters. The van der Waals surface area contributed by atoms with Crippen molar-refractivity contribution >= 4 is 74.3 Å². The lowest BCUT2D eigenvalue weighted by atomic mass is 10.3. The van der Waals surface area contributed by atoms with E-state index < -0.39 is 0 Å². The van der Waals surface area contributed by atoms with Gasteiger partial charge in [0.15, 0.2) is 0 Å². The number of thiophene rings is 2. The summed E-state index contributed by atoms with van der Waals surface area (Å²) in [4.78, 5) is 0. The Morgan fingerprint density at radius 3 is 1.57 bits per heavy atom. The second-order valence-electron chi connectivity index (χ2n) is 4.44. The van der Waals surface area contributed by atoms with E-state index in [4.69, 9.17) is 0 Å². The lowest BCUT2D eigenvalue weighted by molar-refractivity contribution is 1.77. The van der Waals surface area contributed by atoms with Crippen molar-refractivity contribution in [3.63, 3.8) is 0 Å². The maximum atomic E-state index is 2.28. The molecule has 0 aliphatic heterocycles. The van der Waals surface area contributed by atoms with Crippen LogP contribution in [-0.2, 0) is 0 Å². The van der Waals surface area contributed by atoms with E-state index in [-0.39, 0.29) is 0 Å². The molecule has 2 aromatic carbocycles. The first-order valence-corrected chi connectivity index (χ1v) is 11.5. The standard InChI is InChI=1S/C16H10S5/c1-3-7-13-11(5-1)9-15(17-13)19-21-20-16-10-12-6-2-4-8-14(12)18-16/h1-10H. The van der Waals surface area contributed by atoms with Gasteiger partial charge >= 0.3 is 0 Å². The molecule has 4 rings (SSSR count). The SMILES string of the molecule is c1ccc2sc(SSSc3cc4ccccc4s3)cc2c1. The minimum absolute atomic E-state index is 1.34. The van der Waals surface area contributed by atoms with Crippen LogP contribution in [0.5, 0.6) is 0 Å². The topological polar surface area (TPSA) is 0 Å². The molecule has 0 amide bonds. The van der Waals surface area contributed by atoms with Crippen LogP contribution in [0.25, 0.3) is 20.2 Å². The van der Waals surface area contributed by atoms with Crippen LogP contribution < -0.4 is 0 Å². The lowest BCUT2D eigenvalue weighted by Crippen LogP contribution is -1.57. The monoisotopic (exact) mass is 362 g/mol. The summed E-state index contributed by atoms with van der Waals surface area (Å²) in [6.45, 7) is 0. The predicted molar refractivity (Wildman–Crippen MR) is 103 cm³/mol. The molecule has 0 N–H and O–H groups in total. The van der Waals surface area contributed by atoms with Gasteiger partial charge in [-0.3, -0.25) is 0 Å². The molecule has 0 radical (unpaired) electrons. The van der Waals surface area contributed by atoms with Gasteiger partial charge in [0.2, 0.25) is 0 Å². The highest BCUT2D eigenvalue weighted by atomic mass is 33.5. The minimum Gasteiger partial charge on any atom is -0.128 e.